The van der Waals surface area contributed by atoms with E-state index in [0.717, 1.165) is 35.5 Å². The summed E-state index contributed by atoms with van der Waals surface area (Å²) in [5.74, 6) is -2.33. The topological polar surface area (TPSA) is 62.3 Å². The third kappa shape index (κ3) is 3.13. The fraction of sp³-hybridized carbons (Fsp3) is 0.353. The molecule has 1 aliphatic heterocycles. The van der Waals surface area contributed by atoms with Gasteiger partial charge in [0.05, 0.1) is 12.2 Å². The molecule has 1 saturated carbocycles. The number of rotatable bonds is 3. The van der Waals surface area contributed by atoms with Crippen molar-refractivity contribution in [3.8, 4) is 0 Å². The summed E-state index contributed by atoms with van der Waals surface area (Å²) < 4.78 is 27.7. The standard InChI is InChI=1S/C17H15F2N3O2S/c18-10-2-1-3-11(19)14(10)16(24)22-7-6-12-13(8-22)25-17(20-12)21-15(23)9-4-5-9/h1-3,9H,4-8H2,(H,20,21,23). The Morgan fingerprint density at radius 2 is 1.96 bits per heavy atom. The van der Waals surface area contributed by atoms with Crippen LogP contribution in [0.5, 0.6) is 0 Å². The van der Waals surface area contributed by atoms with Gasteiger partial charge in [0.15, 0.2) is 5.13 Å². The van der Waals surface area contributed by atoms with E-state index in [-0.39, 0.29) is 18.4 Å². The average Bonchev–Trinajstić information content (AvgIpc) is 3.35. The number of anilines is 1. The van der Waals surface area contributed by atoms with Crippen molar-refractivity contribution in [2.75, 3.05) is 11.9 Å². The molecule has 0 unspecified atom stereocenters. The summed E-state index contributed by atoms with van der Waals surface area (Å²) in [7, 11) is 0. The van der Waals surface area contributed by atoms with E-state index in [1.54, 1.807) is 0 Å². The molecule has 2 amide bonds. The van der Waals surface area contributed by atoms with E-state index >= 15 is 0 Å². The number of thiazole rings is 1. The molecule has 0 bridgehead atoms. The van der Waals surface area contributed by atoms with Gasteiger partial charge < -0.3 is 10.2 Å². The second kappa shape index (κ2) is 6.18. The molecule has 0 radical (unpaired) electrons. The summed E-state index contributed by atoms with van der Waals surface area (Å²) in [6.07, 6.45) is 2.31. The molecule has 1 N–H and O–H groups in total. The number of hydrogen-bond donors (Lipinski definition) is 1. The smallest absolute Gasteiger partial charge is 0.260 e. The van der Waals surface area contributed by atoms with E-state index in [0.29, 0.717) is 18.1 Å². The lowest BCUT2D eigenvalue weighted by atomic mass is 10.1. The van der Waals surface area contributed by atoms with Crippen LogP contribution in [0.1, 0.15) is 33.8 Å². The highest BCUT2D eigenvalue weighted by Gasteiger charge is 2.32. The zero-order valence-corrected chi connectivity index (χ0v) is 14.0. The zero-order chi connectivity index (χ0) is 17.6. The van der Waals surface area contributed by atoms with Gasteiger partial charge in [-0.15, -0.1) is 0 Å². The number of halogens is 2. The maximum Gasteiger partial charge on any atom is 0.260 e. The fourth-order valence-electron chi connectivity index (χ4n) is 2.84. The van der Waals surface area contributed by atoms with Crippen molar-refractivity contribution in [3.63, 3.8) is 0 Å². The molecule has 1 fully saturated rings. The van der Waals surface area contributed by atoms with Crippen LogP contribution >= 0.6 is 11.3 Å². The highest BCUT2D eigenvalue weighted by Crippen LogP contribution is 2.33. The number of nitrogens with one attached hydrogen (secondary N) is 1. The number of benzene rings is 1. The molecule has 4 rings (SSSR count). The largest absolute Gasteiger partial charge is 0.333 e. The number of amides is 2. The second-order valence-electron chi connectivity index (χ2n) is 6.23. The number of hydrogen-bond acceptors (Lipinski definition) is 4. The third-order valence-corrected chi connectivity index (χ3v) is 5.37. The van der Waals surface area contributed by atoms with Crippen LogP contribution < -0.4 is 5.32 Å². The van der Waals surface area contributed by atoms with Crippen LogP contribution in [0.25, 0.3) is 0 Å². The van der Waals surface area contributed by atoms with E-state index in [1.165, 1.54) is 22.3 Å². The highest BCUT2D eigenvalue weighted by atomic mass is 32.1. The molecule has 5 nitrogen and oxygen atoms in total. The van der Waals surface area contributed by atoms with E-state index in [2.05, 4.69) is 10.3 Å². The first-order chi connectivity index (χ1) is 12.0. The van der Waals surface area contributed by atoms with Crippen LogP contribution in [0.15, 0.2) is 18.2 Å². The van der Waals surface area contributed by atoms with Crippen LogP contribution in [0, 0.1) is 17.6 Å². The van der Waals surface area contributed by atoms with Gasteiger partial charge in [0, 0.05) is 23.8 Å². The molecule has 8 heteroatoms. The Morgan fingerprint density at radius 1 is 1.24 bits per heavy atom. The van der Waals surface area contributed by atoms with Crippen LogP contribution in [-0.4, -0.2) is 28.2 Å². The molecular weight excluding hydrogens is 348 g/mol. The Morgan fingerprint density at radius 3 is 2.64 bits per heavy atom. The lowest BCUT2D eigenvalue weighted by Gasteiger charge is -2.26. The van der Waals surface area contributed by atoms with E-state index < -0.39 is 23.1 Å². The van der Waals surface area contributed by atoms with Crippen molar-refractivity contribution in [1.82, 2.24) is 9.88 Å². The van der Waals surface area contributed by atoms with Gasteiger partial charge >= 0.3 is 0 Å². The maximum atomic E-state index is 13.8. The molecule has 25 heavy (non-hydrogen) atoms. The maximum absolute atomic E-state index is 13.8. The summed E-state index contributed by atoms with van der Waals surface area (Å²) in [6, 6.07) is 3.38. The summed E-state index contributed by atoms with van der Waals surface area (Å²) in [5.41, 5.74) is 0.298. The van der Waals surface area contributed by atoms with E-state index in [9.17, 15) is 18.4 Å². The second-order valence-corrected chi connectivity index (χ2v) is 7.31. The van der Waals surface area contributed by atoms with Gasteiger partial charge in [0.1, 0.15) is 17.2 Å². The Labute approximate surface area is 146 Å². The van der Waals surface area contributed by atoms with Crippen LogP contribution in [0.4, 0.5) is 13.9 Å². The minimum absolute atomic E-state index is 0.0209. The molecule has 2 aliphatic rings. The lowest BCUT2D eigenvalue weighted by Crippen LogP contribution is -2.36. The van der Waals surface area contributed by atoms with Gasteiger partial charge in [0.2, 0.25) is 5.91 Å². The number of fused-ring (bicyclic) bond motifs is 1. The van der Waals surface area contributed by atoms with Gasteiger partial charge in [-0.05, 0) is 25.0 Å². The summed E-state index contributed by atoms with van der Waals surface area (Å²) in [5, 5.41) is 3.32. The van der Waals surface area contributed by atoms with Crippen molar-refractivity contribution in [2.24, 2.45) is 5.92 Å². The predicted octanol–water partition coefficient (Wildman–Crippen LogP) is 2.97. The van der Waals surface area contributed by atoms with Gasteiger partial charge in [-0.25, -0.2) is 13.8 Å². The number of carbonyl (C=O) groups is 2. The van der Waals surface area contributed by atoms with Crippen LogP contribution in [0.2, 0.25) is 0 Å². The number of aromatic nitrogens is 1. The summed E-state index contributed by atoms with van der Waals surface area (Å²) >= 11 is 1.31. The number of nitrogens with zero attached hydrogens (tertiary/aromatic N) is 2. The quantitative estimate of drug-likeness (QED) is 0.912. The molecule has 0 spiro atoms. The summed E-state index contributed by atoms with van der Waals surface area (Å²) in [4.78, 5) is 31.0. The zero-order valence-electron chi connectivity index (χ0n) is 13.2. The Bertz CT molecular complexity index is 843. The highest BCUT2D eigenvalue weighted by molar-refractivity contribution is 7.15. The summed E-state index contributed by atoms with van der Waals surface area (Å²) in [6.45, 7) is 0.568. The lowest BCUT2D eigenvalue weighted by molar-refractivity contribution is -0.117. The molecule has 1 aromatic heterocycles. The van der Waals surface area contributed by atoms with Gasteiger partial charge in [-0.3, -0.25) is 9.59 Å². The van der Waals surface area contributed by atoms with Gasteiger partial charge in [0.25, 0.3) is 5.91 Å². The fourth-order valence-corrected chi connectivity index (χ4v) is 3.86. The Kier molecular flexibility index (Phi) is 3.99. The minimum atomic E-state index is -0.863. The number of carbonyl (C=O) groups excluding carboxylic acids is 2. The molecule has 0 saturated heterocycles. The molecule has 1 aliphatic carbocycles. The first-order valence-electron chi connectivity index (χ1n) is 8.05. The molecule has 130 valence electrons. The third-order valence-electron chi connectivity index (χ3n) is 4.37. The van der Waals surface area contributed by atoms with Crippen molar-refractivity contribution >= 4 is 28.3 Å². The molecule has 0 atom stereocenters. The first-order valence-corrected chi connectivity index (χ1v) is 8.87. The van der Waals surface area contributed by atoms with E-state index in [4.69, 9.17) is 0 Å². The molecule has 2 aromatic rings. The van der Waals surface area contributed by atoms with Crippen molar-refractivity contribution in [2.45, 2.75) is 25.8 Å². The SMILES string of the molecule is O=C(Nc1nc2c(s1)CN(C(=O)c1c(F)cccc1F)CC2)C1CC1. The van der Waals surface area contributed by atoms with Crippen LogP contribution in [0.3, 0.4) is 0 Å². The van der Waals surface area contributed by atoms with Gasteiger partial charge in [-0.1, -0.05) is 17.4 Å². The molecule has 2 heterocycles. The molecule has 1 aromatic carbocycles. The van der Waals surface area contributed by atoms with Crippen molar-refractivity contribution in [1.29, 1.82) is 0 Å². The van der Waals surface area contributed by atoms with Crippen LogP contribution in [-0.2, 0) is 17.8 Å². The Balaban J connectivity index is 1.51. The predicted molar refractivity (Wildman–Crippen MR) is 88.3 cm³/mol. The van der Waals surface area contributed by atoms with E-state index in [1.807, 2.05) is 0 Å². The van der Waals surface area contributed by atoms with Gasteiger partial charge in [-0.2, -0.15) is 0 Å². The normalized spacial score (nSPS) is 16.5. The molecular formula is C17H15F2N3O2S. The Hall–Kier alpha value is -2.35. The monoisotopic (exact) mass is 363 g/mol. The van der Waals surface area contributed by atoms with Crippen molar-refractivity contribution < 1.29 is 18.4 Å². The average molecular weight is 363 g/mol. The first kappa shape index (κ1) is 16.1. The van der Waals surface area contributed by atoms with Crippen molar-refractivity contribution in [3.05, 3.63) is 46.0 Å². The minimum Gasteiger partial charge on any atom is -0.333 e.